The van der Waals surface area contributed by atoms with Gasteiger partial charge in [-0.05, 0) is 62.1 Å². The summed E-state index contributed by atoms with van der Waals surface area (Å²) in [7, 11) is 1.59. The van der Waals surface area contributed by atoms with Crippen molar-refractivity contribution >= 4 is 40.4 Å². The van der Waals surface area contributed by atoms with E-state index in [9.17, 15) is 18.7 Å². The fourth-order valence-electron chi connectivity index (χ4n) is 4.48. The Bertz CT molecular complexity index is 1400. The van der Waals surface area contributed by atoms with Gasteiger partial charge in [-0.1, -0.05) is 0 Å². The first-order valence-electron chi connectivity index (χ1n) is 11.5. The maximum atomic E-state index is 14.4. The third kappa shape index (κ3) is 4.77. The van der Waals surface area contributed by atoms with E-state index in [0.29, 0.717) is 48.7 Å². The number of nitrogens with zero attached hydrogens (tertiary/aromatic N) is 4. The number of fused-ring (bicyclic) bond motifs is 1. The first-order valence-corrected chi connectivity index (χ1v) is 11.5. The number of aliphatic carboxylic acids is 1. The highest BCUT2D eigenvalue weighted by Crippen LogP contribution is 2.37. The number of hydrogen-bond acceptors (Lipinski definition) is 7. The molecule has 9 nitrogen and oxygen atoms in total. The molecule has 2 heterocycles. The van der Waals surface area contributed by atoms with Crippen molar-refractivity contribution in [3.05, 3.63) is 60.3 Å². The first-order chi connectivity index (χ1) is 17.4. The molecule has 1 aliphatic rings. The van der Waals surface area contributed by atoms with Gasteiger partial charge >= 0.3 is 5.97 Å². The largest absolute Gasteiger partial charge is 0.497 e. The molecule has 5 rings (SSSR count). The van der Waals surface area contributed by atoms with Crippen LogP contribution in [-0.2, 0) is 4.79 Å². The number of aromatic nitrogens is 4. The molecule has 2 aromatic heterocycles. The van der Waals surface area contributed by atoms with Gasteiger partial charge in [0.15, 0.2) is 5.65 Å². The van der Waals surface area contributed by atoms with Gasteiger partial charge in [-0.15, -0.1) is 0 Å². The van der Waals surface area contributed by atoms with Crippen LogP contribution in [0, 0.1) is 17.6 Å². The van der Waals surface area contributed by atoms with E-state index < -0.39 is 23.5 Å². The number of carboxylic acids is 1. The standard InChI is InChI=1S/C25H24F2N6O3/c1-36-18-9-5-16(6-10-18)29-24-28-13-21-22(32-24)33(17-7-2-14(3-8-17)23(34)35)25(31-21)30-20-11-4-15(26)12-19(20)27/h4-6,9-14,17H,2-3,7-8H2,1H3,(H,30,31)(H,34,35)(H,28,29,32)/t14-,17+. The zero-order chi connectivity index (χ0) is 25.2. The Balaban J connectivity index is 1.52. The van der Waals surface area contributed by atoms with Gasteiger partial charge in [0, 0.05) is 17.8 Å². The quantitative estimate of drug-likeness (QED) is 0.312. The Morgan fingerprint density at radius 2 is 1.81 bits per heavy atom. The number of rotatable bonds is 7. The second-order valence-electron chi connectivity index (χ2n) is 8.65. The van der Waals surface area contributed by atoms with Gasteiger partial charge in [0.25, 0.3) is 0 Å². The molecule has 1 aliphatic carbocycles. The number of benzene rings is 2. The molecule has 2 aromatic carbocycles. The number of carboxylic acid groups (broad SMARTS) is 1. The Morgan fingerprint density at radius 1 is 1.06 bits per heavy atom. The van der Waals surface area contributed by atoms with E-state index in [2.05, 4.69) is 25.6 Å². The van der Waals surface area contributed by atoms with E-state index in [0.717, 1.165) is 23.6 Å². The normalized spacial score (nSPS) is 17.6. The van der Waals surface area contributed by atoms with Crippen molar-refractivity contribution in [2.24, 2.45) is 5.92 Å². The Kier molecular flexibility index (Phi) is 6.36. The summed E-state index contributed by atoms with van der Waals surface area (Å²) in [5, 5.41) is 15.5. The zero-order valence-electron chi connectivity index (χ0n) is 19.4. The van der Waals surface area contributed by atoms with Crippen molar-refractivity contribution in [1.82, 2.24) is 19.5 Å². The molecule has 0 spiro atoms. The van der Waals surface area contributed by atoms with Crippen molar-refractivity contribution in [2.45, 2.75) is 31.7 Å². The molecule has 0 saturated heterocycles. The van der Waals surface area contributed by atoms with Gasteiger partial charge in [-0.25, -0.2) is 18.7 Å². The minimum Gasteiger partial charge on any atom is -0.497 e. The van der Waals surface area contributed by atoms with Gasteiger partial charge < -0.3 is 20.5 Å². The molecule has 11 heteroatoms. The predicted molar refractivity (Wildman–Crippen MR) is 130 cm³/mol. The van der Waals surface area contributed by atoms with Gasteiger partial charge in [-0.2, -0.15) is 4.98 Å². The Morgan fingerprint density at radius 3 is 2.47 bits per heavy atom. The van der Waals surface area contributed by atoms with Crippen LogP contribution >= 0.6 is 0 Å². The number of carbonyl (C=O) groups is 1. The van der Waals surface area contributed by atoms with Gasteiger partial charge in [0.05, 0.1) is 24.9 Å². The smallest absolute Gasteiger partial charge is 0.306 e. The summed E-state index contributed by atoms with van der Waals surface area (Å²) >= 11 is 0. The number of ether oxygens (including phenoxy) is 1. The summed E-state index contributed by atoms with van der Waals surface area (Å²) in [6, 6.07) is 10.4. The molecule has 0 radical (unpaired) electrons. The summed E-state index contributed by atoms with van der Waals surface area (Å²) in [5.41, 5.74) is 1.83. The minimum absolute atomic E-state index is 0.0664. The lowest BCUT2D eigenvalue weighted by Gasteiger charge is -2.28. The van der Waals surface area contributed by atoms with Crippen LogP contribution in [0.4, 0.5) is 32.1 Å². The number of imidazole rings is 1. The van der Waals surface area contributed by atoms with Crippen LogP contribution in [0.3, 0.4) is 0 Å². The highest BCUT2D eigenvalue weighted by Gasteiger charge is 2.30. The summed E-state index contributed by atoms with van der Waals surface area (Å²) in [5.74, 6) is -1.25. The number of methoxy groups -OCH3 is 1. The van der Waals surface area contributed by atoms with Crippen molar-refractivity contribution in [1.29, 1.82) is 0 Å². The van der Waals surface area contributed by atoms with E-state index in [1.54, 1.807) is 13.3 Å². The molecule has 1 fully saturated rings. The predicted octanol–water partition coefficient (Wildman–Crippen LogP) is 5.42. The zero-order valence-corrected chi connectivity index (χ0v) is 19.4. The third-order valence-electron chi connectivity index (χ3n) is 6.37. The lowest BCUT2D eigenvalue weighted by atomic mass is 9.86. The monoisotopic (exact) mass is 494 g/mol. The van der Waals surface area contributed by atoms with Crippen LogP contribution in [0.2, 0.25) is 0 Å². The van der Waals surface area contributed by atoms with E-state index in [4.69, 9.17) is 4.74 Å². The van der Waals surface area contributed by atoms with Crippen LogP contribution in [0.15, 0.2) is 48.7 Å². The average molecular weight is 495 g/mol. The first kappa shape index (κ1) is 23.5. The molecule has 0 unspecified atom stereocenters. The molecule has 3 N–H and O–H groups in total. The van der Waals surface area contributed by atoms with E-state index in [1.807, 2.05) is 28.8 Å². The number of halogens is 2. The van der Waals surface area contributed by atoms with Gasteiger partial charge in [0.1, 0.15) is 22.9 Å². The maximum Gasteiger partial charge on any atom is 0.306 e. The molecular formula is C25H24F2N6O3. The number of nitrogens with one attached hydrogen (secondary N) is 2. The van der Waals surface area contributed by atoms with Crippen LogP contribution in [0.5, 0.6) is 5.75 Å². The van der Waals surface area contributed by atoms with Crippen LogP contribution in [-0.4, -0.2) is 37.7 Å². The third-order valence-corrected chi connectivity index (χ3v) is 6.37. The summed E-state index contributed by atoms with van der Waals surface area (Å²) < 4.78 is 34.9. The topological polar surface area (TPSA) is 114 Å². The van der Waals surface area contributed by atoms with Crippen LogP contribution in [0.1, 0.15) is 31.7 Å². The van der Waals surface area contributed by atoms with Crippen LogP contribution in [0.25, 0.3) is 11.2 Å². The average Bonchev–Trinajstić information content (AvgIpc) is 3.23. The lowest BCUT2D eigenvalue weighted by Crippen LogP contribution is -2.24. The molecule has 36 heavy (non-hydrogen) atoms. The SMILES string of the molecule is COc1ccc(Nc2ncc3nc(Nc4ccc(F)cc4F)n([C@H]4CC[C@@H](C(=O)O)CC4)c3n2)cc1. The maximum absolute atomic E-state index is 14.4. The fraction of sp³-hybridized carbons (Fsp3) is 0.280. The van der Waals surface area contributed by atoms with Crippen molar-refractivity contribution < 1.29 is 23.4 Å². The lowest BCUT2D eigenvalue weighted by molar-refractivity contribution is -0.143. The highest BCUT2D eigenvalue weighted by atomic mass is 19.1. The molecule has 0 amide bonds. The van der Waals surface area contributed by atoms with E-state index >= 15 is 0 Å². The second-order valence-corrected chi connectivity index (χ2v) is 8.65. The Hall–Kier alpha value is -4.28. The van der Waals surface area contributed by atoms with Crippen molar-refractivity contribution in [3.8, 4) is 5.75 Å². The summed E-state index contributed by atoms with van der Waals surface area (Å²) in [6.45, 7) is 0. The van der Waals surface area contributed by atoms with Crippen molar-refractivity contribution in [3.63, 3.8) is 0 Å². The van der Waals surface area contributed by atoms with Crippen LogP contribution < -0.4 is 15.4 Å². The molecule has 0 atom stereocenters. The van der Waals surface area contributed by atoms with E-state index in [-0.39, 0.29) is 11.7 Å². The Labute approximate surface area is 205 Å². The second kappa shape index (κ2) is 9.76. The number of anilines is 4. The summed E-state index contributed by atoms with van der Waals surface area (Å²) in [6.07, 6.45) is 3.76. The highest BCUT2D eigenvalue weighted by molar-refractivity contribution is 5.77. The molecule has 4 aromatic rings. The molecule has 0 aliphatic heterocycles. The summed E-state index contributed by atoms with van der Waals surface area (Å²) in [4.78, 5) is 25.1. The molecule has 1 saturated carbocycles. The van der Waals surface area contributed by atoms with Crippen molar-refractivity contribution in [2.75, 3.05) is 17.7 Å². The van der Waals surface area contributed by atoms with Gasteiger partial charge in [0.2, 0.25) is 11.9 Å². The molecule has 186 valence electrons. The fourth-order valence-corrected chi connectivity index (χ4v) is 4.48. The van der Waals surface area contributed by atoms with E-state index in [1.165, 1.54) is 6.07 Å². The molecular weight excluding hydrogens is 470 g/mol. The molecule has 0 bridgehead atoms. The number of hydrogen-bond donors (Lipinski definition) is 3. The minimum atomic E-state index is -0.802. The van der Waals surface area contributed by atoms with Gasteiger partial charge in [-0.3, -0.25) is 9.36 Å².